The van der Waals surface area contributed by atoms with Gasteiger partial charge < -0.3 is 10.8 Å². The van der Waals surface area contributed by atoms with E-state index >= 15 is 0 Å². The number of hydrogen-bond donors (Lipinski definition) is 2. The van der Waals surface area contributed by atoms with E-state index in [-0.39, 0.29) is 17.2 Å². The summed E-state index contributed by atoms with van der Waals surface area (Å²) in [7, 11) is -3.17. The Hall–Kier alpha value is -1.16. The first-order valence-electron chi connectivity index (χ1n) is 7.04. The van der Waals surface area contributed by atoms with E-state index in [0.29, 0.717) is 0 Å². The molecule has 134 valence electrons. The Kier molecular flexibility index (Phi) is 5.29. The summed E-state index contributed by atoms with van der Waals surface area (Å²) in [4.78, 5) is 11.5. The molecule has 1 aliphatic rings. The van der Waals surface area contributed by atoms with Crippen LogP contribution in [-0.4, -0.2) is 38.9 Å². The van der Waals surface area contributed by atoms with E-state index in [4.69, 9.17) is 17.3 Å². The van der Waals surface area contributed by atoms with Crippen LogP contribution in [0.3, 0.4) is 0 Å². The number of aliphatic hydroxyl groups is 1. The molecule has 0 saturated heterocycles. The number of alkyl halides is 3. The van der Waals surface area contributed by atoms with Gasteiger partial charge in [0.25, 0.3) is 5.91 Å². The highest BCUT2D eigenvalue weighted by Gasteiger charge is 2.54. The molecular formula is C14H16ClF3N2O3S. The largest absolute Gasteiger partial charge is 0.421 e. The molecule has 5 nitrogen and oxygen atoms in total. The normalized spacial score (nSPS) is 27.4. The zero-order valence-electron chi connectivity index (χ0n) is 12.4. The predicted octanol–water partition coefficient (Wildman–Crippen LogP) is 2.21. The Morgan fingerprint density at radius 2 is 1.92 bits per heavy atom. The lowest BCUT2D eigenvalue weighted by Crippen LogP contribution is -2.44. The Labute approximate surface area is 142 Å². The zero-order valence-corrected chi connectivity index (χ0v) is 14.0. The first kappa shape index (κ1) is 19.2. The highest BCUT2D eigenvalue weighted by molar-refractivity contribution is 7.93. The molecule has 3 N–H and O–H groups in total. The van der Waals surface area contributed by atoms with Crippen LogP contribution in [0, 0.1) is 0 Å². The molecule has 1 aromatic rings. The minimum absolute atomic E-state index is 0.0749. The Morgan fingerprint density at radius 3 is 2.42 bits per heavy atom. The smallest absolute Gasteiger partial charge is 0.376 e. The molecule has 0 saturated carbocycles. The number of halogens is 4. The van der Waals surface area contributed by atoms with E-state index in [9.17, 15) is 27.3 Å². The van der Waals surface area contributed by atoms with Crippen molar-refractivity contribution in [2.24, 2.45) is 10.1 Å². The highest BCUT2D eigenvalue weighted by Crippen LogP contribution is 2.42. The summed E-state index contributed by atoms with van der Waals surface area (Å²) in [5.41, 5.74) is 1.82. The van der Waals surface area contributed by atoms with Crippen LogP contribution in [0.2, 0.25) is 5.02 Å². The van der Waals surface area contributed by atoms with E-state index in [1.165, 1.54) is 12.1 Å². The van der Waals surface area contributed by atoms with E-state index in [1.54, 1.807) is 0 Å². The second-order valence-corrected chi connectivity index (χ2v) is 8.60. The van der Waals surface area contributed by atoms with Crippen LogP contribution >= 0.6 is 11.6 Å². The summed E-state index contributed by atoms with van der Waals surface area (Å²) in [6.07, 6.45) is -5.79. The summed E-state index contributed by atoms with van der Waals surface area (Å²) in [5, 5.41) is 10.4. The average Bonchev–Trinajstić information content (AvgIpc) is 2.49. The summed E-state index contributed by atoms with van der Waals surface area (Å²) in [6, 6.07) is 3.68. The highest BCUT2D eigenvalue weighted by atomic mass is 35.5. The van der Waals surface area contributed by atoms with Gasteiger partial charge in [0.1, 0.15) is 0 Å². The van der Waals surface area contributed by atoms with Crippen molar-refractivity contribution >= 4 is 27.2 Å². The molecule has 0 aliphatic carbocycles. The number of hydrogen-bond acceptors (Lipinski definition) is 4. The molecular weight excluding hydrogens is 369 g/mol. The topological polar surface area (TPSA) is 92.8 Å². The molecule has 2 unspecified atom stereocenters. The van der Waals surface area contributed by atoms with Gasteiger partial charge in [-0.1, -0.05) is 23.7 Å². The van der Waals surface area contributed by atoms with Gasteiger partial charge in [-0.15, -0.1) is 0 Å². The zero-order chi connectivity index (χ0) is 18.2. The van der Waals surface area contributed by atoms with Crippen molar-refractivity contribution in [2.75, 3.05) is 11.5 Å². The van der Waals surface area contributed by atoms with E-state index in [2.05, 4.69) is 4.36 Å². The Morgan fingerprint density at radius 1 is 1.33 bits per heavy atom. The number of rotatable bonds is 4. The van der Waals surface area contributed by atoms with Gasteiger partial charge in [-0.3, -0.25) is 4.79 Å². The molecule has 24 heavy (non-hydrogen) atoms. The van der Waals surface area contributed by atoms with Gasteiger partial charge >= 0.3 is 6.18 Å². The third kappa shape index (κ3) is 3.90. The van der Waals surface area contributed by atoms with Gasteiger partial charge in [-0.25, -0.2) is 4.21 Å². The number of carbonyl (C=O) groups excluding carboxylic acids is 1. The van der Waals surface area contributed by atoms with Crippen molar-refractivity contribution in [2.45, 2.75) is 30.7 Å². The van der Waals surface area contributed by atoms with Crippen molar-refractivity contribution in [3.05, 3.63) is 34.9 Å². The van der Waals surface area contributed by atoms with Crippen LogP contribution in [0.1, 0.15) is 18.4 Å². The SMILES string of the molecule is N[C@H]1CCS(=O)(CCC(O)(c2ccc(Cl)cc2)C(F)(F)F)=NC1=O. The Balaban J connectivity index is 2.31. The lowest BCUT2D eigenvalue weighted by atomic mass is 9.90. The summed E-state index contributed by atoms with van der Waals surface area (Å²) in [6.45, 7) is 0. The molecule has 0 radical (unpaired) electrons. The fourth-order valence-electron chi connectivity index (χ4n) is 2.34. The van der Waals surface area contributed by atoms with Gasteiger partial charge in [-0.05, 0) is 24.1 Å². The summed E-state index contributed by atoms with van der Waals surface area (Å²) in [5.74, 6) is -1.42. The number of carbonyl (C=O) groups is 1. The van der Waals surface area contributed by atoms with Gasteiger partial charge in [-0.2, -0.15) is 17.5 Å². The molecule has 0 aromatic heterocycles. The molecule has 2 rings (SSSR count). The fourth-order valence-corrected chi connectivity index (χ4v) is 4.55. The van der Waals surface area contributed by atoms with Crippen LogP contribution in [0.4, 0.5) is 13.2 Å². The molecule has 0 fully saturated rings. The predicted molar refractivity (Wildman–Crippen MR) is 83.9 cm³/mol. The van der Waals surface area contributed by atoms with Crippen LogP contribution < -0.4 is 5.73 Å². The fraction of sp³-hybridized carbons (Fsp3) is 0.500. The van der Waals surface area contributed by atoms with Gasteiger partial charge in [0.05, 0.1) is 15.8 Å². The molecule has 1 amide bonds. The van der Waals surface area contributed by atoms with Crippen molar-refractivity contribution in [1.82, 2.24) is 0 Å². The maximum atomic E-state index is 13.4. The second kappa shape index (κ2) is 6.62. The van der Waals surface area contributed by atoms with E-state index in [0.717, 1.165) is 12.1 Å². The average molecular weight is 385 g/mol. The van der Waals surface area contributed by atoms with Crippen LogP contribution in [0.25, 0.3) is 0 Å². The second-order valence-electron chi connectivity index (χ2n) is 5.62. The van der Waals surface area contributed by atoms with Crippen LogP contribution in [0.5, 0.6) is 0 Å². The monoisotopic (exact) mass is 384 g/mol. The third-order valence-electron chi connectivity index (χ3n) is 3.89. The minimum Gasteiger partial charge on any atom is -0.376 e. The maximum Gasteiger partial charge on any atom is 0.421 e. The number of benzene rings is 1. The van der Waals surface area contributed by atoms with E-state index in [1.807, 2.05) is 0 Å². The minimum atomic E-state index is -4.99. The molecule has 10 heteroatoms. The molecule has 0 bridgehead atoms. The lowest BCUT2D eigenvalue weighted by Gasteiger charge is -2.32. The molecule has 1 heterocycles. The van der Waals surface area contributed by atoms with Crippen molar-refractivity contribution in [1.29, 1.82) is 0 Å². The van der Waals surface area contributed by atoms with Gasteiger partial charge in [0.15, 0.2) is 5.60 Å². The number of nitrogens with two attached hydrogens (primary N) is 1. The van der Waals surface area contributed by atoms with Crippen LogP contribution in [-0.2, 0) is 20.1 Å². The quantitative estimate of drug-likeness (QED) is 0.832. The molecule has 0 spiro atoms. The number of amides is 1. The van der Waals surface area contributed by atoms with Gasteiger partial charge in [0, 0.05) is 22.9 Å². The first-order valence-corrected chi connectivity index (χ1v) is 9.27. The lowest BCUT2D eigenvalue weighted by molar-refractivity contribution is -0.267. The molecule has 3 atom stereocenters. The van der Waals surface area contributed by atoms with Crippen molar-refractivity contribution < 1.29 is 27.3 Å². The Bertz CT molecular complexity index is 745. The molecule has 1 aromatic carbocycles. The number of nitrogens with zero attached hydrogens (tertiary/aromatic N) is 1. The first-order chi connectivity index (χ1) is 11.0. The van der Waals surface area contributed by atoms with Crippen molar-refractivity contribution in [3.8, 4) is 0 Å². The van der Waals surface area contributed by atoms with Gasteiger partial charge in [0.2, 0.25) is 0 Å². The molecule has 1 aliphatic heterocycles. The standard InChI is InChI=1S/C14H16ClF3N2O3S/c15-10-3-1-9(2-4-10)13(22,14(16,17)18)6-8-24(23)7-5-11(19)12(21)20-24/h1-4,11,22H,5-8,19H2/t11-,13?,24?/m0/s1. The van der Waals surface area contributed by atoms with Crippen molar-refractivity contribution in [3.63, 3.8) is 0 Å². The van der Waals surface area contributed by atoms with E-state index < -0.39 is 51.2 Å². The maximum absolute atomic E-state index is 13.4. The third-order valence-corrected chi connectivity index (χ3v) is 6.38. The summed E-state index contributed by atoms with van der Waals surface area (Å²) >= 11 is 5.65. The van der Waals surface area contributed by atoms with Crippen LogP contribution in [0.15, 0.2) is 28.6 Å². The summed E-state index contributed by atoms with van der Waals surface area (Å²) < 4.78 is 56.2.